The van der Waals surface area contributed by atoms with Crippen molar-refractivity contribution in [2.75, 3.05) is 5.32 Å². The van der Waals surface area contributed by atoms with Crippen LogP contribution in [0.3, 0.4) is 0 Å². The molecule has 1 N–H and O–H groups in total. The number of amides is 1. The van der Waals surface area contributed by atoms with Crippen LogP contribution in [-0.2, 0) is 6.42 Å². The molecule has 3 aromatic rings. The average molecular weight is 297 g/mol. The number of nitrogens with one attached hydrogen (secondary N) is 1. The number of carbonyl (C=O) groups is 1. The minimum Gasteiger partial charge on any atom is -0.322 e. The Bertz CT molecular complexity index is 765. The van der Waals surface area contributed by atoms with Gasteiger partial charge in [0.2, 0.25) is 0 Å². The fourth-order valence-electron chi connectivity index (χ4n) is 2.17. The predicted octanol–water partition coefficient (Wildman–Crippen LogP) is 3.90. The summed E-state index contributed by atoms with van der Waals surface area (Å²) in [4.78, 5) is 12.2. The Kier molecular flexibility index (Phi) is 3.92. The number of rotatable bonds is 4. The second kappa shape index (κ2) is 6.01. The summed E-state index contributed by atoms with van der Waals surface area (Å²) in [5.74, 6) is -0.111. The Morgan fingerprint density at radius 2 is 1.86 bits per heavy atom. The van der Waals surface area contributed by atoms with Crippen molar-refractivity contribution < 1.29 is 4.79 Å². The quantitative estimate of drug-likeness (QED) is 0.794. The molecule has 4 nitrogen and oxygen atoms in total. The van der Waals surface area contributed by atoms with Crippen LogP contribution in [0.15, 0.2) is 42.5 Å². The number of anilines is 1. The maximum absolute atomic E-state index is 12.2. The van der Waals surface area contributed by atoms with Crippen molar-refractivity contribution in [3.8, 4) is 0 Å². The van der Waals surface area contributed by atoms with E-state index < -0.39 is 0 Å². The van der Waals surface area contributed by atoms with Crippen LogP contribution in [0.1, 0.15) is 29.3 Å². The minimum absolute atomic E-state index is 0.111. The summed E-state index contributed by atoms with van der Waals surface area (Å²) in [5, 5.41) is 2.89. The molecule has 1 aromatic heterocycles. The molecule has 0 aliphatic heterocycles. The first-order chi connectivity index (χ1) is 10.3. The molecular weight excluding hydrogens is 282 g/mol. The van der Waals surface area contributed by atoms with Crippen molar-refractivity contribution in [3.63, 3.8) is 0 Å². The molecule has 0 saturated heterocycles. The van der Waals surface area contributed by atoms with Crippen LogP contribution in [0.4, 0.5) is 5.69 Å². The molecule has 0 unspecified atom stereocenters. The van der Waals surface area contributed by atoms with E-state index in [0.717, 1.165) is 29.6 Å². The highest BCUT2D eigenvalue weighted by molar-refractivity contribution is 7.00. The molecule has 0 saturated carbocycles. The highest BCUT2D eigenvalue weighted by atomic mass is 32.1. The van der Waals surface area contributed by atoms with Gasteiger partial charge in [0.05, 0.1) is 11.7 Å². The van der Waals surface area contributed by atoms with Gasteiger partial charge in [0, 0.05) is 11.3 Å². The van der Waals surface area contributed by atoms with Crippen molar-refractivity contribution in [2.45, 2.75) is 19.8 Å². The van der Waals surface area contributed by atoms with Gasteiger partial charge in [-0.05, 0) is 42.3 Å². The highest BCUT2D eigenvalue weighted by Gasteiger charge is 2.07. The second-order valence-electron chi connectivity index (χ2n) is 4.87. The Labute approximate surface area is 127 Å². The lowest BCUT2D eigenvalue weighted by molar-refractivity contribution is 0.102. The van der Waals surface area contributed by atoms with Crippen LogP contribution in [0, 0.1) is 0 Å². The third-order valence-corrected chi connectivity index (χ3v) is 3.82. The van der Waals surface area contributed by atoms with E-state index in [1.54, 1.807) is 0 Å². The summed E-state index contributed by atoms with van der Waals surface area (Å²) in [5.41, 5.74) is 4.30. The van der Waals surface area contributed by atoms with Crippen molar-refractivity contribution in [2.24, 2.45) is 0 Å². The van der Waals surface area contributed by atoms with E-state index in [2.05, 4.69) is 21.0 Å². The third-order valence-electron chi connectivity index (χ3n) is 3.27. The average Bonchev–Trinajstić information content (AvgIpc) is 2.96. The van der Waals surface area contributed by atoms with E-state index in [4.69, 9.17) is 0 Å². The van der Waals surface area contributed by atoms with Gasteiger partial charge in [-0.25, -0.2) is 0 Å². The molecule has 2 aromatic carbocycles. The number of hydrogen-bond donors (Lipinski definition) is 1. The smallest absolute Gasteiger partial charge is 0.255 e. The first kappa shape index (κ1) is 13.7. The van der Waals surface area contributed by atoms with Gasteiger partial charge in [0.15, 0.2) is 0 Å². The molecule has 0 aliphatic carbocycles. The van der Waals surface area contributed by atoms with E-state index >= 15 is 0 Å². The summed E-state index contributed by atoms with van der Waals surface area (Å²) >= 11 is 1.17. The van der Waals surface area contributed by atoms with Crippen LogP contribution >= 0.6 is 11.7 Å². The number of aryl methyl sites for hydroxylation is 1. The van der Waals surface area contributed by atoms with Crippen molar-refractivity contribution in [1.82, 2.24) is 8.75 Å². The van der Waals surface area contributed by atoms with Crippen molar-refractivity contribution in [1.29, 1.82) is 0 Å². The van der Waals surface area contributed by atoms with E-state index in [1.165, 1.54) is 17.3 Å². The first-order valence-corrected chi connectivity index (χ1v) is 7.62. The monoisotopic (exact) mass is 297 g/mol. The van der Waals surface area contributed by atoms with Crippen molar-refractivity contribution in [3.05, 3.63) is 53.6 Å². The number of carbonyl (C=O) groups excluding carboxylic acids is 1. The summed E-state index contributed by atoms with van der Waals surface area (Å²) in [6.07, 6.45) is 2.14. The van der Waals surface area contributed by atoms with Crippen LogP contribution in [0.25, 0.3) is 11.0 Å². The molecule has 1 amide bonds. The molecule has 0 aliphatic rings. The fourth-order valence-corrected chi connectivity index (χ4v) is 2.69. The molecule has 0 atom stereocenters. The molecule has 0 radical (unpaired) electrons. The lowest BCUT2D eigenvalue weighted by Gasteiger charge is -2.06. The summed E-state index contributed by atoms with van der Waals surface area (Å²) in [7, 11) is 0. The van der Waals surface area contributed by atoms with E-state index in [9.17, 15) is 4.79 Å². The zero-order chi connectivity index (χ0) is 14.7. The summed E-state index contributed by atoms with van der Waals surface area (Å²) in [6, 6.07) is 13.3. The van der Waals surface area contributed by atoms with Gasteiger partial charge in [-0.1, -0.05) is 25.5 Å². The Hall–Kier alpha value is -2.27. The second-order valence-corrected chi connectivity index (χ2v) is 5.40. The van der Waals surface area contributed by atoms with E-state index in [-0.39, 0.29) is 5.91 Å². The van der Waals surface area contributed by atoms with Crippen LogP contribution < -0.4 is 5.32 Å². The lowest BCUT2D eigenvalue weighted by atomic mass is 10.1. The SMILES string of the molecule is CCCc1ccc(C(=O)Nc2ccc3nsnc3c2)cc1. The van der Waals surface area contributed by atoms with Gasteiger partial charge >= 0.3 is 0 Å². The fraction of sp³-hybridized carbons (Fsp3) is 0.188. The molecule has 0 spiro atoms. The molecule has 0 bridgehead atoms. The third kappa shape index (κ3) is 3.08. The minimum atomic E-state index is -0.111. The maximum Gasteiger partial charge on any atom is 0.255 e. The number of hydrogen-bond acceptors (Lipinski definition) is 4. The van der Waals surface area contributed by atoms with Crippen molar-refractivity contribution >= 4 is 34.4 Å². The predicted molar refractivity (Wildman–Crippen MR) is 85.8 cm³/mol. The molecule has 106 valence electrons. The van der Waals surface area contributed by atoms with Crippen LogP contribution in [0.5, 0.6) is 0 Å². The standard InChI is InChI=1S/C16H15N3OS/c1-2-3-11-4-6-12(7-5-11)16(20)17-13-8-9-14-15(10-13)19-21-18-14/h4-10H,2-3H2,1H3,(H,17,20). The van der Waals surface area contributed by atoms with Gasteiger partial charge in [-0.3, -0.25) is 4.79 Å². The normalized spacial score (nSPS) is 10.7. The first-order valence-electron chi connectivity index (χ1n) is 6.89. The van der Waals surface area contributed by atoms with Crippen LogP contribution in [0.2, 0.25) is 0 Å². The molecule has 5 heteroatoms. The molecule has 0 fully saturated rings. The maximum atomic E-state index is 12.2. The summed E-state index contributed by atoms with van der Waals surface area (Å²) in [6.45, 7) is 2.14. The largest absolute Gasteiger partial charge is 0.322 e. The topological polar surface area (TPSA) is 54.9 Å². The summed E-state index contributed by atoms with van der Waals surface area (Å²) < 4.78 is 8.31. The number of aromatic nitrogens is 2. The Balaban J connectivity index is 1.75. The van der Waals surface area contributed by atoms with Gasteiger partial charge in [-0.15, -0.1) is 0 Å². The van der Waals surface area contributed by atoms with Gasteiger partial charge in [0.1, 0.15) is 11.0 Å². The highest BCUT2D eigenvalue weighted by Crippen LogP contribution is 2.18. The molecule has 3 rings (SSSR count). The Morgan fingerprint density at radius 1 is 1.10 bits per heavy atom. The number of benzene rings is 2. The lowest BCUT2D eigenvalue weighted by Crippen LogP contribution is -2.11. The number of fused-ring (bicyclic) bond motifs is 1. The molecular formula is C16H15N3OS. The molecule has 21 heavy (non-hydrogen) atoms. The van der Waals surface area contributed by atoms with Crippen LogP contribution in [-0.4, -0.2) is 14.7 Å². The zero-order valence-corrected chi connectivity index (χ0v) is 12.5. The van der Waals surface area contributed by atoms with Gasteiger partial charge < -0.3 is 5.32 Å². The molecule has 1 heterocycles. The van der Waals surface area contributed by atoms with E-state index in [0.29, 0.717) is 5.56 Å². The number of nitrogens with zero attached hydrogens (tertiary/aromatic N) is 2. The zero-order valence-electron chi connectivity index (χ0n) is 11.7. The van der Waals surface area contributed by atoms with Gasteiger partial charge in [-0.2, -0.15) is 8.75 Å². The Morgan fingerprint density at radius 3 is 2.62 bits per heavy atom. The van der Waals surface area contributed by atoms with E-state index in [1.807, 2.05) is 42.5 Å². The van der Waals surface area contributed by atoms with Gasteiger partial charge in [0.25, 0.3) is 5.91 Å².